The molecule has 0 aliphatic rings. The Labute approximate surface area is 98.7 Å². The zero-order chi connectivity index (χ0) is 12.6. The summed E-state index contributed by atoms with van der Waals surface area (Å²) in [5.41, 5.74) is 3.78. The van der Waals surface area contributed by atoms with Crippen molar-refractivity contribution >= 4 is 5.97 Å². The summed E-state index contributed by atoms with van der Waals surface area (Å²) in [5, 5.41) is 13.2. The van der Waals surface area contributed by atoms with Crippen LogP contribution in [0, 0.1) is 13.8 Å². The maximum atomic E-state index is 10.9. The van der Waals surface area contributed by atoms with Gasteiger partial charge in [0.25, 0.3) is 0 Å². The highest BCUT2D eigenvalue weighted by Crippen LogP contribution is 2.26. The zero-order valence-corrected chi connectivity index (χ0v) is 9.93. The number of aryl methyl sites for hydroxylation is 2. The van der Waals surface area contributed by atoms with Crippen molar-refractivity contribution in [1.82, 2.24) is 14.8 Å². The van der Waals surface area contributed by atoms with Crippen LogP contribution >= 0.6 is 0 Å². The molecule has 0 aliphatic heterocycles. The summed E-state index contributed by atoms with van der Waals surface area (Å²) in [6.45, 7) is 3.85. The van der Waals surface area contributed by atoms with Crippen LogP contribution in [0.15, 0.2) is 18.5 Å². The van der Waals surface area contributed by atoms with Gasteiger partial charge in [0.05, 0.1) is 11.3 Å². The molecule has 0 saturated heterocycles. The van der Waals surface area contributed by atoms with Gasteiger partial charge in [-0.1, -0.05) is 0 Å². The molecule has 0 bridgehead atoms. The highest BCUT2D eigenvalue weighted by atomic mass is 16.4. The van der Waals surface area contributed by atoms with Crippen molar-refractivity contribution in [3.8, 4) is 11.1 Å². The van der Waals surface area contributed by atoms with Crippen molar-refractivity contribution < 1.29 is 9.90 Å². The number of aromatic carboxylic acids is 1. The summed E-state index contributed by atoms with van der Waals surface area (Å²) < 4.78 is 1.78. The van der Waals surface area contributed by atoms with Gasteiger partial charge in [0.15, 0.2) is 0 Å². The molecule has 88 valence electrons. The fraction of sp³-hybridized carbons (Fsp3) is 0.250. The molecule has 0 radical (unpaired) electrons. The van der Waals surface area contributed by atoms with Crippen LogP contribution in [0.4, 0.5) is 0 Å². The summed E-state index contributed by atoms with van der Waals surface area (Å²) in [6.07, 6.45) is 3.00. The minimum atomic E-state index is -0.974. The third-order valence-corrected chi connectivity index (χ3v) is 2.78. The number of pyridine rings is 1. The van der Waals surface area contributed by atoms with Gasteiger partial charge in [-0.3, -0.25) is 9.67 Å². The lowest BCUT2D eigenvalue weighted by Crippen LogP contribution is -1.98. The third-order valence-electron chi connectivity index (χ3n) is 2.78. The fourth-order valence-electron chi connectivity index (χ4n) is 1.88. The first-order valence-electron chi connectivity index (χ1n) is 5.19. The molecule has 0 aliphatic carbocycles. The van der Waals surface area contributed by atoms with Crippen molar-refractivity contribution in [3.63, 3.8) is 0 Å². The minimum absolute atomic E-state index is 0.185. The Morgan fingerprint density at radius 1 is 1.35 bits per heavy atom. The normalized spacial score (nSPS) is 10.5. The van der Waals surface area contributed by atoms with E-state index in [9.17, 15) is 4.79 Å². The van der Waals surface area contributed by atoms with Gasteiger partial charge in [0, 0.05) is 36.3 Å². The molecule has 0 fully saturated rings. The molecule has 1 N–H and O–H groups in total. The molecule has 0 amide bonds. The topological polar surface area (TPSA) is 68.0 Å². The van der Waals surface area contributed by atoms with Gasteiger partial charge in [-0.2, -0.15) is 5.10 Å². The Bertz CT molecular complexity index is 587. The summed E-state index contributed by atoms with van der Waals surface area (Å²) in [5.74, 6) is -0.974. The average Bonchev–Trinajstić information content (AvgIpc) is 2.53. The van der Waals surface area contributed by atoms with Crippen LogP contribution in [0.25, 0.3) is 11.1 Å². The summed E-state index contributed by atoms with van der Waals surface area (Å²) in [4.78, 5) is 14.9. The molecule has 2 rings (SSSR count). The lowest BCUT2D eigenvalue weighted by molar-refractivity contribution is 0.0696. The fourth-order valence-corrected chi connectivity index (χ4v) is 1.88. The van der Waals surface area contributed by atoms with Crippen molar-refractivity contribution in [3.05, 3.63) is 35.4 Å². The standard InChI is InChI=1S/C12H13N3O2/c1-7-11(8(2)15(3)14-7)9-4-10(12(16)17)6-13-5-9/h4-6H,1-3H3,(H,16,17). The molecule has 2 aromatic rings. The minimum Gasteiger partial charge on any atom is -0.478 e. The Balaban J connectivity index is 2.60. The molecule has 17 heavy (non-hydrogen) atoms. The Morgan fingerprint density at radius 2 is 2.06 bits per heavy atom. The number of carboxylic acid groups (broad SMARTS) is 1. The number of rotatable bonds is 2. The molecule has 5 nitrogen and oxygen atoms in total. The van der Waals surface area contributed by atoms with Crippen LogP contribution in [0.1, 0.15) is 21.7 Å². The molecular weight excluding hydrogens is 218 g/mol. The van der Waals surface area contributed by atoms with Crippen molar-refractivity contribution in [2.45, 2.75) is 13.8 Å². The van der Waals surface area contributed by atoms with Crippen LogP contribution in [0.5, 0.6) is 0 Å². The van der Waals surface area contributed by atoms with Gasteiger partial charge >= 0.3 is 5.97 Å². The maximum Gasteiger partial charge on any atom is 0.337 e. The Hall–Kier alpha value is -2.17. The molecule has 0 unspecified atom stereocenters. The molecule has 5 heteroatoms. The van der Waals surface area contributed by atoms with Gasteiger partial charge in [-0.15, -0.1) is 0 Å². The molecule has 2 heterocycles. The van der Waals surface area contributed by atoms with E-state index in [0.29, 0.717) is 0 Å². The molecule has 0 aromatic carbocycles. The van der Waals surface area contributed by atoms with Crippen LogP contribution in [0.2, 0.25) is 0 Å². The highest BCUT2D eigenvalue weighted by Gasteiger charge is 2.13. The van der Waals surface area contributed by atoms with E-state index in [0.717, 1.165) is 22.5 Å². The average molecular weight is 231 g/mol. The second kappa shape index (κ2) is 4.01. The number of hydrogen-bond acceptors (Lipinski definition) is 3. The van der Waals surface area contributed by atoms with E-state index in [1.54, 1.807) is 16.9 Å². The second-order valence-electron chi connectivity index (χ2n) is 3.94. The first-order chi connectivity index (χ1) is 8.00. The van der Waals surface area contributed by atoms with E-state index in [1.165, 1.54) is 6.20 Å². The van der Waals surface area contributed by atoms with E-state index in [-0.39, 0.29) is 5.56 Å². The highest BCUT2D eigenvalue weighted by molar-refractivity contribution is 5.89. The molecule has 2 aromatic heterocycles. The van der Waals surface area contributed by atoms with Crippen molar-refractivity contribution in [2.24, 2.45) is 7.05 Å². The molecule has 0 saturated carbocycles. The monoisotopic (exact) mass is 231 g/mol. The lowest BCUT2D eigenvalue weighted by atomic mass is 10.0. The zero-order valence-electron chi connectivity index (χ0n) is 9.93. The predicted molar refractivity (Wildman–Crippen MR) is 62.9 cm³/mol. The van der Waals surface area contributed by atoms with Gasteiger partial charge in [0.2, 0.25) is 0 Å². The van der Waals surface area contributed by atoms with Gasteiger partial charge in [-0.05, 0) is 19.9 Å². The predicted octanol–water partition coefficient (Wildman–Crippen LogP) is 1.80. The SMILES string of the molecule is Cc1nn(C)c(C)c1-c1cncc(C(=O)O)c1. The largest absolute Gasteiger partial charge is 0.478 e. The second-order valence-corrected chi connectivity index (χ2v) is 3.94. The van der Waals surface area contributed by atoms with Gasteiger partial charge in [0.1, 0.15) is 0 Å². The number of hydrogen-bond donors (Lipinski definition) is 1. The molecular formula is C12H13N3O2. The maximum absolute atomic E-state index is 10.9. The summed E-state index contributed by atoms with van der Waals surface area (Å²) in [7, 11) is 1.86. The summed E-state index contributed by atoms with van der Waals surface area (Å²) in [6, 6.07) is 1.62. The first-order valence-corrected chi connectivity index (χ1v) is 5.19. The molecule has 0 spiro atoms. The number of carboxylic acids is 1. The summed E-state index contributed by atoms with van der Waals surface area (Å²) >= 11 is 0. The first kappa shape index (κ1) is 11.3. The Morgan fingerprint density at radius 3 is 2.59 bits per heavy atom. The van der Waals surface area contributed by atoms with E-state index in [4.69, 9.17) is 5.11 Å². The van der Waals surface area contributed by atoms with Crippen LogP contribution in [-0.2, 0) is 7.05 Å². The molecule has 0 atom stereocenters. The lowest BCUT2D eigenvalue weighted by Gasteiger charge is -2.03. The van der Waals surface area contributed by atoms with Crippen LogP contribution in [-0.4, -0.2) is 25.8 Å². The smallest absolute Gasteiger partial charge is 0.337 e. The van der Waals surface area contributed by atoms with Crippen molar-refractivity contribution in [1.29, 1.82) is 0 Å². The van der Waals surface area contributed by atoms with Crippen LogP contribution in [0.3, 0.4) is 0 Å². The number of aromatic nitrogens is 3. The van der Waals surface area contributed by atoms with Gasteiger partial charge in [-0.25, -0.2) is 4.79 Å². The number of carbonyl (C=O) groups is 1. The van der Waals surface area contributed by atoms with Crippen molar-refractivity contribution in [2.75, 3.05) is 0 Å². The number of nitrogens with zero attached hydrogens (tertiary/aromatic N) is 3. The van der Waals surface area contributed by atoms with Gasteiger partial charge < -0.3 is 5.11 Å². The quantitative estimate of drug-likeness (QED) is 0.855. The van der Waals surface area contributed by atoms with E-state index < -0.39 is 5.97 Å². The van der Waals surface area contributed by atoms with E-state index in [2.05, 4.69) is 10.1 Å². The third kappa shape index (κ3) is 1.91. The van der Waals surface area contributed by atoms with E-state index >= 15 is 0 Å². The Kier molecular flexibility index (Phi) is 2.67. The van der Waals surface area contributed by atoms with E-state index in [1.807, 2.05) is 20.9 Å². The van der Waals surface area contributed by atoms with Crippen LogP contribution < -0.4 is 0 Å².